The average Bonchev–Trinajstić information content (AvgIpc) is 2.50. The Morgan fingerprint density at radius 2 is 2.15 bits per heavy atom. The van der Waals surface area contributed by atoms with Crippen LogP contribution in [0.25, 0.3) is 0 Å². The minimum absolute atomic E-state index is 0.651. The second-order valence-electron chi connectivity index (χ2n) is 2.42. The molecule has 0 aromatic carbocycles. The molecule has 2 N–H and O–H groups in total. The summed E-state index contributed by atoms with van der Waals surface area (Å²) in [4.78, 5) is 10.9. The molecule has 0 saturated carbocycles. The third kappa shape index (κ3) is 2.27. The molecule has 2 atom stereocenters. The lowest BCUT2D eigenvalue weighted by atomic mass is 10.3. The summed E-state index contributed by atoms with van der Waals surface area (Å²) in [6.45, 7) is 0. The van der Waals surface area contributed by atoms with Gasteiger partial charge in [0.15, 0.2) is 11.5 Å². The Morgan fingerprint density at radius 3 is 2.54 bits per heavy atom. The van der Waals surface area contributed by atoms with E-state index in [1.807, 2.05) is 0 Å². The van der Waals surface area contributed by atoms with Gasteiger partial charge in [-0.3, -0.25) is 0 Å². The number of methoxy groups -OCH3 is 1. The molecule has 1 rings (SSSR count). The summed E-state index contributed by atoms with van der Waals surface area (Å²) < 4.78 is 30.6. The lowest BCUT2D eigenvalue weighted by molar-refractivity contribution is -0.149. The van der Waals surface area contributed by atoms with E-state index >= 15 is 0 Å². The van der Waals surface area contributed by atoms with E-state index in [-0.39, 0.29) is 0 Å². The van der Waals surface area contributed by atoms with Crippen molar-refractivity contribution in [2.75, 3.05) is 7.11 Å². The molecule has 0 radical (unpaired) electrons. The molecule has 6 nitrogen and oxygen atoms in total. The number of rotatable bonds is 2. The number of hydrogen-bond donors (Lipinski definition) is 1. The summed E-state index contributed by atoms with van der Waals surface area (Å²) in [6, 6.07) is 0. The van der Waals surface area contributed by atoms with Crippen LogP contribution < -0.4 is 5.14 Å². The van der Waals surface area contributed by atoms with Crippen LogP contribution in [0.2, 0.25) is 0 Å². The van der Waals surface area contributed by atoms with Crippen LogP contribution >= 0.6 is 0 Å². The van der Waals surface area contributed by atoms with Gasteiger partial charge in [0.1, 0.15) is 0 Å². The Labute approximate surface area is 75.4 Å². The van der Waals surface area contributed by atoms with Gasteiger partial charge >= 0.3 is 5.97 Å². The molecule has 0 spiro atoms. The number of nitrogens with two attached hydrogens (primary N) is 1. The SMILES string of the molecule is COC(=O)C1C=CC(S(N)(=O)=O)O1. The first kappa shape index (κ1) is 10.2. The van der Waals surface area contributed by atoms with E-state index < -0.39 is 27.5 Å². The largest absolute Gasteiger partial charge is 0.467 e. The van der Waals surface area contributed by atoms with E-state index in [1.54, 1.807) is 0 Å². The summed E-state index contributed by atoms with van der Waals surface area (Å²) >= 11 is 0. The first-order valence-corrected chi connectivity index (χ1v) is 4.99. The zero-order valence-electron chi connectivity index (χ0n) is 6.84. The van der Waals surface area contributed by atoms with Crippen molar-refractivity contribution in [1.82, 2.24) is 0 Å². The van der Waals surface area contributed by atoms with Gasteiger partial charge in [-0.15, -0.1) is 0 Å². The Bertz CT molecular complexity index is 333. The van der Waals surface area contributed by atoms with Crippen LogP contribution in [0.3, 0.4) is 0 Å². The number of ether oxygens (including phenoxy) is 2. The summed E-state index contributed by atoms with van der Waals surface area (Å²) in [7, 11) is -2.61. The highest BCUT2D eigenvalue weighted by atomic mass is 32.2. The van der Waals surface area contributed by atoms with Gasteiger partial charge in [-0.05, 0) is 12.2 Å². The van der Waals surface area contributed by atoms with Gasteiger partial charge < -0.3 is 9.47 Å². The minimum atomic E-state index is -3.79. The van der Waals surface area contributed by atoms with Crippen molar-refractivity contribution in [2.24, 2.45) is 5.14 Å². The molecule has 0 bridgehead atoms. The van der Waals surface area contributed by atoms with Crippen molar-refractivity contribution in [1.29, 1.82) is 0 Å². The highest BCUT2D eigenvalue weighted by Gasteiger charge is 2.32. The predicted molar refractivity (Wildman–Crippen MR) is 42.9 cm³/mol. The fraction of sp³-hybridized carbons (Fsp3) is 0.500. The maximum Gasteiger partial charge on any atom is 0.339 e. The maximum atomic E-state index is 10.9. The van der Waals surface area contributed by atoms with E-state index in [2.05, 4.69) is 4.74 Å². The Balaban J connectivity index is 2.67. The second kappa shape index (κ2) is 3.44. The molecule has 7 heteroatoms. The summed E-state index contributed by atoms with van der Waals surface area (Å²) in [5, 5.41) is 4.79. The maximum absolute atomic E-state index is 10.9. The molecule has 1 aliphatic heterocycles. The standard InChI is InChI=1S/C6H9NO5S/c1-11-6(8)4-2-3-5(12-4)13(7,9)10/h2-5H,1H3,(H2,7,9,10). The van der Waals surface area contributed by atoms with E-state index in [4.69, 9.17) is 9.88 Å². The molecule has 1 heterocycles. The van der Waals surface area contributed by atoms with Gasteiger partial charge in [-0.2, -0.15) is 0 Å². The van der Waals surface area contributed by atoms with Crippen LogP contribution in [0.5, 0.6) is 0 Å². The topological polar surface area (TPSA) is 95.7 Å². The van der Waals surface area contributed by atoms with Gasteiger partial charge in [-0.25, -0.2) is 18.4 Å². The smallest absolute Gasteiger partial charge is 0.339 e. The van der Waals surface area contributed by atoms with E-state index in [0.717, 1.165) is 0 Å². The monoisotopic (exact) mass is 207 g/mol. The molecule has 0 amide bonds. The molecule has 13 heavy (non-hydrogen) atoms. The van der Waals surface area contributed by atoms with Gasteiger partial charge in [-0.1, -0.05) is 0 Å². The molecule has 0 saturated heterocycles. The summed E-state index contributed by atoms with van der Waals surface area (Å²) in [5.41, 5.74) is -1.25. The number of carbonyl (C=O) groups excluding carboxylic acids is 1. The van der Waals surface area contributed by atoms with Crippen LogP contribution in [-0.4, -0.2) is 33.0 Å². The Kier molecular flexibility index (Phi) is 2.69. The minimum Gasteiger partial charge on any atom is -0.467 e. The van der Waals surface area contributed by atoms with Crippen LogP contribution in [0.4, 0.5) is 0 Å². The molecule has 74 valence electrons. The van der Waals surface area contributed by atoms with Crippen LogP contribution in [0.1, 0.15) is 0 Å². The molecule has 0 aromatic rings. The fourth-order valence-electron chi connectivity index (χ4n) is 0.864. The molecular weight excluding hydrogens is 198 g/mol. The summed E-state index contributed by atoms with van der Waals surface area (Å²) in [5.74, 6) is -0.651. The third-order valence-corrected chi connectivity index (χ3v) is 2.40. The lowest BCUT2D eigenvalue weighted by Crippen LogP contribution is -2.31. The van der Waals surface area contributed by atoms with Crippen molar-refractivity contribution in [3.8, 4) is 0 Å². The number of esters is 1. The quantitative estimate of drug-likeness (QED) is 0.450. The van der Waals surface area contributed by atoms with E-state index in [9.17, 15) is 13.2 Å². The Hall–Kier alpha value is -0.920. The van der Waals surface area contributed by atoms with E-state index in [0.29, 0.717) is 0 Å². The predicted octanol–water partition coefficient (Wildman–Crippen LogP) is -1.27. The molecule has 0 aliphatic carbocycles. The van der Waals surface area contributed by atoms with Gasteiger partial charge in [0.2, 0.25) is 10.0 Å². The number of carbonyl (C=O) groups is 1. The van der Waals surface area contributed by atoms with Crippen molar-refractivity contribution >= 4 is 16.0 Å². The first-order chi connectivity index (χ1) is 5.95. The van der Waals surface area contributed by atoms with E-state index in [1.165, 1.54) is 19.3 Å². The molecule has 1 aliphatic rings. The van der Waals surface area contributed by atoms with Gasteiger partial charge in [0.25, 0.3) is 0 Å². The normalized spacial score (nSPS) is 27.5. The summed E-state index contributed by atoms with van der Waals surface area (Å²) in [6.07, 6.45) is 1.52. The van der Waals surface area contributed by atoms with Crippen LogP contribution in [0.15, 0.2) is 12.2 Å². The zero-order valence-corrected chi connectivity index (χ0v) is 7.65. The first-order valence-electron chi connectivity index (χ1n) is 3.38. The Morgan fingerprint density at radius 1 is 1.54 bits per heavy atom. The van der Waals surface area contributed by atoms with Crippen LogP contribution in [-0.2, 0) is 24.3 Å². The molecular formula is C6H9NO5S. The third-order valence-electron chi connectivity index (χ3n) is 1.48. The number of sulfonamides is 1. The number of primary sulfonamides is 1. The van der Waals surface area contributed by atoms with Crippen LogP contribution in [0, 0.1) is 0 Å². The molecule has 2 unspecified atom stereocenters. The molecule has 0 aromatic heterocycles. The lowest BCUT2D eigenvalue weighted by Gasteiger charge is -2.09. The number of hydrogen-bond acceptors (Lipinski definition) is 5. The van der Waals surface area contributed by atoms with Crippen molar-refractivity contribution in [2.45, 2.75) is 11.5 Å². The highest BCUT2D eigenvalue weighted by Crippen LogP contribution is 2.15. The highest BCUT2D eigenvalue weighted by molar-refractivity contribution is 7.89. The average molecular weight is 207 g/mol. The second-order valence-corrected chi connectivity index (χ2v) is 4.06. The van der Waals surface area contributed by atoms with Gasteiger partial charge in [0, 0.05) is 0 Å². The van der Waals surface area contributed by atoms with Crippen molar-refractivity contribution in [3.63, 3.8) is 0 Å². The van der Waals surface area contributed by atoms with Gasteiger partial charge in [0.05, 0.1) is 7.11 Å². The molecule has 0 fully saturated rings. The van der Waals surface area contributed by atoms with Crippen molar-refractivity contribution in [3.05, 3.63) is 12.2 Å². The zero-order chi connectivity index (χ0) is 10.1. The fourth-order valence-corrected chi connectivity index (χ4v) is 1.45. The van der Waals surface area contributed by atoms with Crippen molar-refractivity contribution < 1.29 is 22.7 Å².